The smallest absolute Gasteiger partial charge is 0.276 e. The van der Waals surface area contributed by atoms with Gasteiger partial charge in [0.25, 0.3) is 5.91 Å². The highest BCUT2D eigenvalue weighted by Gasteiger charge is 2.42. The lowest BCUT2D eigenvalue weighted by atomic mass is 9.91. The normalized spacial score (nSPS) is 19.9. The van der Waals surface area contributed by atoms with Crippen LogP contribution in [0.3, 0.4) is 0 Å². The number of ketones is 1. The van der Waals surface area contributed by atoms with Crippen LogP contribution in [0.15, 0.2) is 6.20 Å². The summed E-state index contributed by atoms with van der Waals surface area (Å²) in [5, 5.41) is 7.92. The van der Waals surface area contributed by atoms with Gasteiger partial charge in [-0.3, -0.25) is 14.4 Å². The van der Waals surface area contributed by atoms with Gasteiger partial charge >= 0.3 is 0 Å². The van der Waals surface area contributed by atoms with E-state index in [9.17, 15) is 14.4 Å². The van der Waals surface area contributed by atoms with Crippen LogP contribution in [0, 0.1) is 11.3 Å². The molecule has 0 unspecified atom stereocenters. The Morgan fingerprint density at radius 2 is 1.85 bits per heavy atom. The molecule has 1 saturated carbocycles. The second-order valence-corrected chi connectivity index (χ2v) is 9.28. The molecule has 8 nitrogen and oxygen atoms in total. The first-order valence-electron chi connectivity index (χ1n) is 9.53. The van der Waals surface area contributed by atoms with Gasteiger partial charge in [-0.1, -0.05) is 26.0 Å². The molecule has 1 aromatic heterocycles. The molecule has 2 fully saturated rings. The predicted octanol–water partition coefficient (Wildman–Crippen LogP) is 1.37. The van der Waals surface area contributed by atoms with E-state index >= 15 is 0 Å². The van der Waals surface area contributed by atoms with Gasteiger partial charge in [-0.2, -0.15) is 0 Å². The Balaban J connectivity index is 1.67. The Bertz CT molecular complexity index is 758. The van der Waals surface area contributed by atoms with Gasteiger partial charge in [-0.15, -0.1) is 5.10 Å². The Labute approximate surface area is 159 Å². The van der Waals surface area contributed by atoms with Crippen molar-refractivity contribution in [1.29, 1.82) is 0 Å². The van der Waals surface area contributed by atoms with Crippen molar-refractivity contribution in [2.45, 2.75) is 59.5 Å². The molecule has 0 atom stereocenters. The Morgan fingerprint density at radius 3 is 2.41 bits per heavy atom. The molecule has 0 radical (unpaired) electrons. The lowest BCUT2D eigenvalue weighted by Gasteiger charge is -2.46. The quantitative estimate of drug-likeness (QED) is 0.793. The number of carbonyl (C=O) groups is 3. The minimum Gasteiger partial charge on any atom is -0.338 e. The molecule has 8 heteroatoms. The SMILES string of the molecule is CC(C)(C)C(=O)Cn1cc(C(=O)N2CCN(C(=O)C3CC3)CC2(C)C)nn1. The summed E-state index contributed by atoms with van der Waals surface area (Å²) in [6.45, 7) is 11.1. The number of rotatable bonds is 4. The molecule has 0 aromatic carbocycles. The number of aromatic nitrogens is 3. The zero-order valence-electron chi connectivity index (χ0n) is 16.9. The molecule has 1 saturated heterocycles. The van der Waals surface area contributed by atoms with E-state index in [0.717, 1.165) is 12.8 Å². The third-order valence-corrected chi connectivity index (χ3v) is 5.29. The highest BCUT2D eigenvalue weighted by molar-refractivity contribution is 5.93. The average Bonchev–Trinajstić information content (AvgIpc) is 3.31. The van der Waals surface area contributed by atoms with Crippen molar-refractivity contribution in [2.24, 2.45) is 11.3 Å². The van der Waals surface area contributed by atoms with Crippen molar-refractivity contribution in [1.82, 2.24) is 24.8 Å². The minimum atomic E-state index is -0.481. The van der Waals surface area contributed by atoms with Crippen LogP contribution in [0.5, 0.6) is 0 Å². The molecule has 0 N–H and O–H groups in total. The molecule has 2 aliphatic rings. The molecular formula is C19H29N5O3. The zero-order chi connectivity index (χ0) is 20.0. The maximum Gasteiger partial charge on any atom is 0.276 e. The van der Waals surface area contributed by atoms with Gasteiger partial charge in [0.15, 0.2) is 11.5 Å². The van der Waals surface area contributed by atoms with E-state index in [4.69, 9.17) is 0 Å². The van der Waals surface area contributed by atoms with E-state index in [-0.39, 0.29) is 35.8 Å². The molecule has 1 aromatic rings. The molecule has 1 aliphatic carbocycles. The van der Waals surface area contributed by atoms with E-state index in [2.05, 4.69) is 10.3 Å². The summed E-state index contributed by atoms with van der Waals surface area (Å²) in [6, 6.07) is 0. The van der Waals surface area contributed by atoms with E-state index in [1.54, 1.807) is 4.90 Å². The molecular weight excluding hydrogens is 346 g/mol. The lowest BCUT2D eigenvalue weighted by molar-refractivity contribution is -0.136. The Kier molecular flexibility index (Phi) is 4.86. The van der Waals surface area contributed by atoms with Gasteiger partial charge in [-0.05, 0) is 26.7 Å². The molecule has 1 aliphatic heterocycles. The number of carbonyl (C=O) groups excluding carboxylic acids is 3. The van der Waals surface area contributed by atoms with E-state index in [0.29, 0.717) is 19.6 Å². The molecule has 0 spiro atoms. The van der Waals surface area contributed by atoms with Crippen LogP contribution in [0.25, 0.3) is 0 Å². The fourth-order valence-electron chi connectivity index (χ4n) is 3.30. The van der Waals surface area contributed by atoms with Crippen LogP contribution in [-0.2, 0) is 16.1 Å². The van der Waals surface area contributed by atoms with Crippen molar-refractivity contribution in [3.05, 3.63) is 11.9 Å². The van der Waals surface area contributed by atoms with Crippen LogP contribution in [0.1, 0.15) is 57.9 Å². The van der Waals surface area contributed by atoms with E-state index in [1.165, 1.54) is 10.9 Å². The van der Waals surface area contributed by atoms with Crippen LogP contribution < -0.4 is 0 Å². The van der Waals surface area contributed by atoms with Gasteiger partial charge in [0.1, 0.15) is 6.54 Å². The molecule has 3 rings (SSSR count). The Morgan fingerprint density at radius 1 is 1.19 bits per heavy atom. The lowest BCUT2D eigenvalue weighted by Crippen LogP contribution is -2.62. The summed E-state index contributed by atoms with van der Waals surface area (Å²) in [7, 11) is 0. The van der Waals surface area contributed by atoms with Gasteiger partial charge in [0.2, 0.25) is 5.91 Å². The van der Waals surface area contributed by atoms with Crippen molar-refractivity contribution in [3.8, 4) is 0 Å². The van der Waals surface area contributed by atoms with Crippen molar-refractivity contribution >= 4 is 17.6 Å². The first-order valence-corrected chi connectivity index (χ1v) is 9.53. The van der Waals surface area contributed by atoms with Crippen LogP contribution >= 0.6 is 0 Å². The first-order chi connectivity index (χ1) is 12.5. The zero-order valence-corrected chi connectivity index (χ0v) is 16.9. The van der Waals surface area contributed by atoms with E-state index in [1.807, 2.05) is 39.5 Å². The number of hydrogen-bond donors (Lipinski definition) is 0. The summed E-state index contributed by atoms with van der Waals surface area (Å²) >= 11 is 0. The number of hydrogen-bond acceptors (Lipinski definition) is 5. The summed E-state index contributed by atoms with van der Waals surface area (Å²) in [4.78, 5) is 41.1. The topological polar surface area (TPSA) is 88.4 Å². The molecule has 2 amide bonds. The number of Topliss-reactive ketones (excluding diaryl/α,β-unsaturated/α-hetero) is 1. The number of nitrogens with zero attached hydrogens (tertiary/aromatic N) is 5. The van der Waals surface area contributed by atoms with Gasteiger partial charge < -0.3 is 9.80 Å². The van der Waals surface area contributed by atoms with Crippen molar-refractivity contribution in [3.63, 3.8) is 0 Å². The summed E-state index contributed by atoms with van der Waals surface area (Å²) in [5.74, 6) is 0.206. The van der Waals surface area contributed by atoms with Gasteiger partial charge in [-0.25, -0.2) is 4.68 Å². The van der Waals surface area contributed by atoms with E-state index < -0.39 is 11.0 Å². The minimum absolute atomic E-state index is 0.0268. The monoisotopic (exact) mass is 375 g/mol. The molecule has 27 heavy (non-hydrogen) atoms. The van der Waals surface area contributed by atoms with Crippen molar-refractivity contribution < 1.29 is 14.4 Å². The van der Waals surface area contributed by atoms with Gasteiger partial charge in [0, 0.05) is 31.0 Å². The first kappa shape index (κ1) is 19.5. The largest absolute Gasteiger partial charge is 0.338 e. The third kappa shape index (κ3) is 4.20. The van der Waals surface area contributed by atoms with Crippen LogP contribution in [0.2, 0.25) is 0 Å². The van der Waals surface area contributed by atoms with Crippen LogP contribution in [-0.4, -0.2) is 67.6 Å². The van der Waals surface area contributed by atoms with Crippen molar-refractivity contribution in [2.75, 3.05) is 19.6 Å². The molecule has 2 heterocycles. The Hall–Kier alpha value is -2.25. The summed E-state index contributed by atoms with van der Waals surface area (Å²) < 4.78 is 1.42. The number of piperazine rings is 1. The maximum absolute atomic E-state index is 13.0. The third-order valence-electron chi connectivity index (χ3n) is 5.29. The second kappa shape index (κ2) is 6.73. The van der Waals surface area contributed by atoms with Gasteiger partial charge in [0.05, 0.1) is 11.7 Å². The second-order valence-electron chi connectivity index (χ2n) is 9.28. The molecule has 0 bridgehead atoms. The molecule has 148 valence electrons. The van der Waals surface area contributed by atoms with Crippen LogP contribution in [0.4, 0.5) is 0 Å². The average molecular weight is 375 g/mol. The maximum atomic E-state index is 13.0. The fourth-order valence-corrected chi connectivity index (χ4v) is 3.30. The highest BCUT2D eigenvalue weighted by atomic mass is 16.2. The summed E-state index contributed by atoms with van der Waals surface area (Å²) in [5.41, 5.74) is -0.722. The summed E-state index contributed by atoms with van der Waals surface area (Å²) in [6.07, 6.45) is 3.49. The standard InChI is InChI=1S/C19H29N5O3/c1-18(2,3)15(25)11-23-10-14(20-21-23)17(27)24-9-8-22(12-19(24,4)5)16(26)13-6-7-13/h10,13H,6-9,11-12H2,1-5H3. The fraction of sp³-hybridized carbons (Fsp3) is 0.737. The predicted molar refractivity (Wildman–Crippen MR) is 98.9 cm³/mol. The number of amides is 2. The highest BCUT2D eigenvalue weighted by Crippen LogP contribution is 2.33.